The van der Waals surface area contributed by atoms with E-state index in [-0.39, 0.29) is 17.0 Å². The number of fused-ring (bicyclic) bond motifs is 3. The lowest BCUT2D eigenvalue weighted by Crippen LogP contribution is -2.20. The maximum absolute atomic E-state index is 12.8. The van der Waals surface area contributed by atoms with Crippen molar-refractivity contribution in [1.29, 1.82) is 0 Å². The molecule has 0 aliphatic carbocycles. The molecule has 0 amide bonds. The molecule has 0 aliphatic rings. The molecule has 4 aromatic rings. The third-order valence-electron chi connectivity index (χ3n) is 3.75. The van der Waals surface area contributed by atoms with Crippen LogP contribution in [-0.2, 0) is 6.18 Å². The van der Waals surface area contributed by atoms with Crippen molar-refractivity contribution >= 4 is 28.4 Å². The van der Waals surface area contributed by atoms with Crippen LogP contribution in [-0.4, -0.2) is 29.4 Å². The van der Waals surface area contributed by atoms with Gasteiger partial charge in [0.2, 0.25) is 0 Å². The minimum absolute atomic E-state index is 0.000852. The van der Waals surface area contributed by atoms with Gasteiger partial charge < -0.3 is 0 Å². The van der Waals surface area contributed by atoms with E-state index in [1.165, 1.54) is 10.7 Å². The van der Waals surface area contributed by atoms with Gasteiger partial charge in [-0.2, -0.15) is 22.7 Å². The van der Waals surface area contributed by atoms with Crippen LogP contribution < -0.4 is 5.56 Å². The summed E-state index contributed by atoms with van der Waals surface area (Å²) in [5, 5.41) is 11.4. The van der Waals surface area contributed by atoms with Crippen LogP contribution in [0.1, 0.15) is 11.4 Å². The lowest BCUT2D eigenvalue weighted by Gasteiger charge is -2.12. The van der Waals surface area contributed by atoms with Crippen molar-refractivity contribution in [3.05, 3.63) is 57.2 Å². The SMILES string of the molecule is Cc1nc2nnc3c(=O)n(-c4ccc(C(F)(F)F)c(Cl)c4)ccc3n2n1. The zero-order valence-corrected chi connectivity index (χ0v) is 13.7. The fourth-order valence-electron chi connectivity index (χ4n) is 2.59. The van der Waals surface area contributed by atoms with Crippen LogP contribution in [0.3, 0.4) is 0 Å². The van der Waals surface area contributed by atoms with Crippen LogP contribution in [0.15, 0.2) is 35.3 Å². The Hall–Kier alpha value is -3.01. The Labute approximate surface area is 147 Å². The van der Waals surface area contributed by atoms with E-state index in [9.17, 15) is 18.0 Å². The monoisotopic (exact) mass is 380 g/mol. The molecule has 0 fully saturated rings. The summed E-state index contributed by atoms with van der Waals surface area (Å²) >= 11 is 5.73. The van der Waals surface area contributed by atoms with Crippen molar-refractivity contribution in [2.45, 2.75) is 13.1 Å². The summed E-state index contributed by atoms with van der Waals surface area (Å²) in [7, 11) is 0. The molecule has 0 bridgehead atoms. The smallest absolute Gasteiger partial charge is 0.282 e. The van der Waals surface area contributed by atoms with Gasteiger partial charge in [-0.3, -0.25) is 9.36 Å². The fourth-order valence-corrected chi connectivity index (χ4v) is 2.87. The first-order chi connectivity index (χ1) is 12.3. The second kappa shape index (κ2) is 5.49. The number of nitrogens with zero attached hydrogens (tertiary/aromatic N) is 6. The normalized spacial score (nSPS) is 12.2. The highest BCUT2D eigenvalue weighted by atomic mass is 35.5. The van der Waals surface area contributed by atoms with Gasteiger partial charge in [0.15, 0.2) is 5.52 Å². The number of benzene rings is 1. The Morgan fingerprint density at radius 3 is 2.62 bits per heavy atom. The van der Waals surface area contributed by atoms with E-state index in [1.807, 2.05) is 0 Å². The van der Waals surface area contributed by atoms with Crippen LogP contribution in [0.2, 0.25) is 5.02 Å². The molecule has 26 heavy (non-hydrogen) atoms. The van der Waals surface area contributed by atoms with E-state index in [0.29, 0.717) is 11.3 Å². The Kier molecular flexibility index (Phi) is 3.48. The van der Waals surface area contributed by atoms with Crippen LogP contribution >= 0.6 is 11.6 Å². The molecule has 0 spiro atoms. The standard InChI is InChI=1S/C15H8ClF3N6O/c1-7-20-14-22-21-12-11(25(14)23-7)4-5-24(13(12)26)8-2-3-9(10(16)6-8)15(17,18)19/h2-6H,1H3. The van der Waals surface area contributed by atoms with Crippen molar-refractivity contribution in [3.8, 4) is 5.69 Å². The molecule has 0 N–H and O–H groups in total. The zero-order valence-electron chi connectivity index (χ0n) is 13.0. The summed E-state index contributed by atoms with van der Waals surface area (Å²) in [6.07, 6.45) is -3.17. The molecule has 0 aliphatic heterocycles. The summed E-state index contributed by atoms with van der Waals surface area (Å²) in [5.74, 6) is 0.704. The minimum atomic E-state index is -4.58. The van der Waals surface area contributed by atoms with Crippen LogP contribution in [0.4, 0.5) is 13.2 Å². The molecule has 1 aromatic carbocycles. The summed E-state index contributed by atoms with van der Waals surface area (Å²) in [5.41, 5.74) is -0.987. The summed E-state index contributed by atoms with van der Waals surface area (Å²) in [4.78, 5) is 16.8. The molecular formula is C15H8ClF3N6O. The first kappa shape index (κ1) is 16.5. The van der Waals surface area contributed by atoms with Crippen molar-refractivity contribution in [2.75, 3.05) is 0 Å². The summed E-state index contributed by atoms with van der Waals surface area (Å²) in [6, 6.07) is 4.61. The van der Waals surface area contributed by atoms with Crippen molar-refractivity contribution < 1.29 is 13.2 Å². The highest BCUT2D eigenvalue weighted by Gasteiger charge is 2.33. The molecule has 0 atom stereocenters. The number of hydrogen-bond donors (Lipinski definition) is 0. The molecular weight excluding hydrogens is 373 g/mol. The van der Waals surface area contributed by atoms with Gasteiger partial charge in [-0.25, -0.2) is 0 Å². The van der Waals surface area contributed by atoms with Crippen LogP contribution in [0, 0.1) is 6.92 Å². The van der Waals surface area contributed by atoms with E-state index in [4.69, 9.17) is 11.6 Å². The molecule has 3 aromatic heterocycles. The van der Waals surface area contributed by atoms with Gasteiger partial charge in [0.05, 0.1) is 16.3 Å². The fraction of sp³-hybridized carbons (Fsp3) is 0.133. The topological polar surface area (TPSA) is 78.0 Å². The second-order valence-electron chi connectivity index (χ2n) is 5.46. The van der Waals surface area contributed by atoms with Gasteiger partial charge >= 0.3 is 6.18 Å². The number of alkyl halides is 3. The number of halogens is 4. The van der Waals surface area contributed by atoms with Gasteiger partial charge in [-0.15, -0.1) is 15.3 Å². The Morgan fingerprint density at radius 1 is 1.15 bits per heavy atom. The van der Waals surface area contributed by atoms with Gasteiger partial charge in [-0.05, 0) is 31.2 Å². The summed E-state index contributed by atoms with van der Waals surface area (Å²) < 4.78 is 41.0. The Bertz CT molecular complexity index is 1230. The summed E-state index contributed by atoms with van der Waals surface area (Å²) in [6.45, 7) is 1.67. The van der Waals surface area contributed by atoms with Crippen LogP contribution in [0.5, 0.6) is 0 Å². The third kappa shape index (κ3) is 2.49. The first-order valence-electron chi connectivity index (χ1n) is 7.24. The first-order valence-corrected chi connectivity index (χ1v) is 7.62. The Morgan fingerprint density at radius 2 is 1.92 bits per heavy atom. The lowest BCUT2D eigenvalue weighted by atomic mass is 10.2. The van der Waals surface area contributed by atoms with E-state index >= 15 is 0 Å². The molecule has 3 heterocycles. The zero-order chi connectivity index (χ0) is 18.6. The van der Waals surface area contributed by atoms with Gasteiger partial charge in [-0.1, -0.05) is 11.6 Å². The van der Waals surface area contributed by atoms with E-state index in [0.717, 1.165) is 22.8 Å². The quantitative estimate of drug-likeness (QED) is 0.507. The van der Waals surface area contributed by atoms with E-state index in [2.05, 4.69) is 20.3 Å². The van der Waals surface area contributed by atoms with Gasteiger partial charge in [0, 0.05) is 6.20 Å². The number of hydrogen-bond acceptors (Lipinski definition) is 5. The average molecular weight is 381 g/mol. The molecule has 4 rings (SSSR count). The molecule has 0 unspecified atom stereocenters. The van der Waals surface area contributed by atoms with Crippen molar-refractivity contribution in [1.82, 2.24) is 29.4 Å². The predicted molar refractivity (Wildman–Crippen MR) is 86.4 cm³/mol. The number of rotatable bonds is 1. The molecule has 0 saturated heterocycles. The predicted octanol–water partition coefficient (Wildman–Crippen LogP) is 2.80. The maximum atomic E-state index is 12.8. The van der Waals surface area contributed by atoms with Crippen molar-refractivity contribution in [3.63, 3.8) is 0 Å². The molecule has 7 nitrogen and oxygen atoms in total. The van der Waals surface area contributed by atoms with Gasteiger partial charge in [0.1, 0.15) is 11.3 Å². The molecule has 11 heteroatoms. The maximum Gasteiger partial charge on any atom is 0.417 e. The third-order valence-corrected chi connectivity index (χ3v) is 4.06. The Balaban J connectivity index is 1.93. The number of pyridine rings is 1. The second-order valence-corrected chi connectivity index (χ2v) is 5.86. The molecule has 0 saturated carbocycles. The van der Waals surface area contributed by atoms with E-state index in [1.54, 1.807) is 13.0 Å². The highest BCUT2D eigenvalue weighted by molar-refractivity contribution is 6.31. The van der Waals surface area contributed by atoms with E-state index < -0.39 is 22.3 Å². The minimum Gasteiger partial charge on any atom is -0.282 e. The van der Waals surface area contributed by atoms with Gasteiger partial charge in [0.25, 0.3) is 11.3 Å². The lowest BCUT2D eigenvalue weighted by molar-refractivity contribution is -0.137. The molecule has 0 radical (unpaired) electrons. The number of aryl methyl sites for hydroxylation is 1. The van der Waals surface area contributed by atoms with Crippen molar-refractivity contribution in [2.24, 2.45) is 0 Å². The largest absolute Gasteiger partial charge is 0.417 e. The average Bonchev–Trinajstić information content (AvgIpc) is 2.94. The number of aromatic nitrogens is 6. The highest BCUT2D eigenvalue weighted by Crippen LogP contribution is 2.35. The van der Waals surface area contributed by atoms with Crippen LogP contribution in [0.25, 0.3) is 22.5 Å². The molecule has 132 valence electrons.